The molecule has 2 rings (SSSR count). The van der Waals surface area contributed by atoms with Crippen molar-refractivity contribution in [1.29, 1.82) is 0 Å². The molecule has 1 amide bonds. The summed E-state index contributed by atoms with van der Waals surface area (Å²) in [6.07, 6.45) is 0.743. The lowest BCUT2D eigenvalue weighted by molar-refractivity contribution is -0.297. The van der Waals surface area contributed by atoms with E-state index in [0.717, 1.165) is 17.4 Å². The molecular weight excluding hydrogens is 304 g/mol. The second-order valence-electron chi connectivity index (χ2n) is 4.37. The van der Waals surface area contributed by atoms with E-state index >= 15 is 0 Å². The van der Waals surface area contributed by atoms with E-state index in [4.69, 9.17) is 4.74 Å². The lowest BCUT2D eigenvalue weighted by Crippen LogP contribution is -2.22. The third-order valence-corrected chi connectivity index (χ3v) is 3.56. The van der Waals surface area contributed by atoms with Gasteiger partial charge in [-0.05, 0) is 37.3 Å². The maximum Gasteiger partial charge on any atom is 0.253 e. The van der Waals surface area contributed by atoms with Crippen molar-refractivity contribution in [3.63, 3.8) is 0 Å². The molecule has 114 valence electrons. The van der Waals surface area contributed by atoms with Crippen LogP contribution in [0, 0.1) is 0 Å². The number of methoxy groups -OCH3 is 1. The number of ether oxygens (including phenoxy) is 1. The van der Waals surface area contributed by atoms with E-state index in [9.17, 15) is 14.7 Å². The number of aromatic nitrogens is 1. The number of hydrogen-bond donors (Lipinski definition) is 1. The molecule has 0 aliphatic heterocycles. The van der Waals surface area contributed by atoms with Crippen molar-refractivity contribution in [2.24, 2.45) is 0 Å². The van der Waals surface area contributed by atoms with Gasteiger partial charge in [-0.25, -0.2) is 4.98 Å². The molecule has 1 aromatic carbocycles. The number of benzene rings is 1. The quantitative estimate of drug-likeness (QED) is 0.843. The first-order valence-electron chi connectivity index (χ1n) is 6.30. The van der Waals surface area contributed by atoms with E-state index in [-0.39, 0.29) is 5.57 Å². The maximum absolute atomic E-state index is 11.8. The van der Waals surface area contributed by atoms with Gasteiger partial charge in [0.25, 0.3) is 5.91 Å². The molecule has 22 heavy (non-hydrogen) atoms. The van der Waals surface area contributed by atoms with Gasteiger partial charge in [-0.15, -0.1) is 11.3 Å². The molecule has 0 aliphatic carbocycles. The second-order valence-corrected chi connectivity index (χ2v) is 5.23. The standard InChI is InChI=1S/C15H14N2O4S/c1-9(7-13(18)19)14(20)17-15-16-12(8-22-15)10-3-5-11(21-2)6-4-10/h3-8H,1-2H3,(H,18,19)(H,16,17,20)/p-1/b9-7-. The largest absolute Gasteiger partial charge is 0.545 e. The molecular formula is C15H13N2O4S-. The number of rotatable bonds is 5. The Bertz CT molecular complexity index is 719. The molecule has 1 heterocycles. The minimum Gasteiger partial charge on any atom is -0.545 e. The summed E-state index contributed by atoms with van der Waals surface area (Å²) in [4.78, 5) is 26.5. The van der Waals surface area contributed by atoms with Crippen LogP contribution >= 0.6 is 11.3 Å². The normalized spacial score (nSPS) is 11.1. The van der Waals surface area contributed by atoms with Crippen LogP contribution < -0.4 is 15.2 Å². The van der Waals surface area contributed by atoms with Crippen molar-refractivity contribution in [2.45, 2.75) is 6.92 Å². The van der Waals surface area contributed by atoms with E-state index in [0.29, 0.717) is 10.8 Å². The smallest absolute Gasteiger partial charge is 0.253 e. The number of carbonyl (C=O) groups is 2. The molecule has 0 atom stereocenters. The Kier molecular flexibility index (Phi) is 4.90. The summed E-state index contributed by atoms with van der Waals surface area (Å²) in [6.45, 7) is 1.39. The van der Waals surface area contributed by atoms with Crippen molar-refractivity contribution in [2.75, 3.05) is 12.4 Å². The minimum atomic E-state index is -1.41. The molecule has 2 aromatic rings. The third kappa shape index (κ3) is 3.92. The zero-order valence-electron chi connectivity index (χ0n) is 12.0. The average molecular weight is 317 g/mol. The molecule has 0 saturated carbocycles. The summed E-state index contributed by atoms with van der Waals surface area (Å²) in [5.74, 6) is -1.19. The number of carboxylic acids is 1. The summed E-state index contributed by atoms with van der Waals surface area (Å²) >= 11 is 1.25. The third-order valence-electron chi connectivity index (χ3n) is 2.80. The fourth-order valence-electron chi connectivity index (χ4n) is 1.66. The second kappa shape index (κ2) is 6.86. The SMILES string of the molecule is COc1ccc(-c2csc(NC(=O)/C(C)=C\C(=O)[O-])n2)cc1. The van der Waals surface area contributed by atoms with Crippen LogP contribution in [-0.2, 0) is 9.59 Å². The average Bonchev–Trinajstić information content (AvgIpc) is 2.95. The number of carbonyl (C=O) groups excluding carboxylic acids is 2. The number of nitrogens with zero attached hydrogens (tertiary/aromatic N) is 1. The highest BCUT2D eigenvalue weighted by atomic mass is 32.1. The van der Waals surface area contributed by atoms with Crippen LogP contribution in [0.3, 0.4) is 0 Å². The Morgan fingerprint density at radius 3 is 2.59 bits per heavy atom. The molecule has 0 unspecified atom stereocenters. The number of nitrogens with one attached hydrogen (secondary N) is 1. The van der Waals surface area contributed by atoms with Crippen molar-refractivity contribution < 1.29 is 19.4 Å². The monoisotopic (exact) mass is 317 g/mol. The summed E-state index contributed by atoms with van der Waals surface area (Å²) in [5, 5.41) is 15.2. The summed E-state index contributed by atoms with van der Waals surface area (Å²) < 4.78 is 5.09. The molecule has 0 radical (unpaired) electrons. The summed E-state index contributed by atoms with van der Waals surface area (Å²) in [5.41, 5.74) is 1.64. The van der Waals surface area contributed by atoms with E-state index in [1.54, 1.807) is 12.5 Å². The number of thiazole rings is 1. The molecule has 0 spiro atoms. The molecule has 0 saturated heterocycles. The molecule has 7 heteroatoms. The summed E-state index contributed by atoms with van der Waals surface area (Å²) in [7, 11) is 1.59. The zero-order valence-corrected chi connectivity index (χ0v) is 12.8. The van der Waals surface area contributed by atoms with E-state index < -0.39 is 11.9 Å². The van der Waals surface area contributed by atoms with E-state index in [1.165, 1.54) is 18.3 Å². The van der Waals surface area contributed by atoms with Crippen LogP contribution in [0.5, 0.6) is 5.75 Å². The number of hydrogen-bond acceptors (Lipinski definition) is 6. The van der Waals surface area contributed by atoms with Gasteiger partial charge in [-0.1, -0.05) is 0 Å². The van der Waals surface area contributed by atoms with Gasteiger partial charge in [0.05, 0.1) is 18.8 Å². The van der Waals surface area contributed by atoms with Crippen molar-refractivity contribution >= 4 is 28.3 Å². The van der Waals surface area contributed by atoms with Crippen LogP contribution in [-0.4, -0.2) is 24.0 Å². The molecule has 0 fully saturated rings. The van der Waals surface area contributed by atoms with Crippen molar-refractivity contribution in [3.05, 3.63) is 41.3 Å². The van der Waals surface area contributed by atoms with Gasteiger partial charge >= 0.3 is 0 Å². The van der Waals surface area contributed by atoms with Crippen LogP contribution in [0.1, 0.15) is 6.92 Å². The molecule has 6 nitrogen and oxygen atoms in total. The lowest BCUT2D eigenvalue weighted by Gasteiger charge is -2.02. The first-order valence-corrected chi connectivity index (χ1v) is 7.18. The van der Waals surface area contributed by atoms with E-state index in [1.807, 2.05) is 24.3 Å². The minimum absolute atomic E-state index is 0.0428. The fourth-order valence-corrected chi connectivity index (χ4v) is 2.38. The Morgan fingerprint density at radius 1 is 1.32 bits per heavy atom. The number of anilines is 1. The fraction of sp³-hybridized carbons (Fsp3) is 0.133. The highest BCUT2D eigenvalue weighted by Gasteiger charge is 2.09. The Labute approximate surface area is 131 Å². The van der Waals surface area contributed by atoms with Gasteiger partial charge in [-0.2, -0.15) is 0 Å². The predicted molar refractivity (Wildman–Crippen MR) is 81.5 cm³/mol. The Hall–Kier alpha value is -2.67. The number of carboxylic acid groups (broad SMARTS) is 1. The van der Waals surface area contributed by atoms with Gasteiger partial charge in [-0.3, -0.25) is 10.1 Å². The predicted octanol–water partition coefficient (Wildman–Crippen LogP) is 1.45. The van der Waals surface area contributed by atoms with E-state index in [2.05, 4.69) is 10.3 Å². The lowest BCUT2D eigenvalue weighted by atomic mass is 10.2. The van der Waals surface area contributed by atoms with Gasteiger partial charge in [0.1, 0.15) is 5.75 Å². The van der Waals surface area contributed by atoms with Crippen LogP contribution in [0.4, 0.5) is 5.13 Å². The Morgan fingerprint density at radius 2 is 2.00 bits per heavy atom. The van der Waals surface area contributed by atoms with Crippen molar-refractivity contribution in [1.82, 2.24) is 4.98 Å². The molecule has 1 N–H and O–H groups in total. The van der Waals surface area contributed by atoms with Crippen LogP contribution in [0.15, 0.2) is 41.3 Å². The first kappa shape index (κ1) is 15.7. The molecule has 0 aliphatic rings. The van der Waals surface area contributed by atoms with Gasteiger partial charge in [0.15, 0.2) is 5.13 Å². The number of aliphatic carboxylic acids is 1. The Balaban J connectivity index is 2.11. The van der Waals surface area contributed by atoms with Crippen LogP contribution in [0.25, 0.3) is 11.3 Å². The van der Waals surface area contributed by atoms with Gasteiger partial charge in [0.2, 0.25) is 0 Å². The summed E-state index contributed by atoms with van der Waals surface area (Å²) in [6, 6.07) is 7.36. The number of amides is 1. The zero-order chi connectivity index (χ0) is 16.1. The molecule has 0 bridgehead atoms. The molecule has 1 aromatic heterocycles. The van der Waals surface area contributed by atoms with Gasteiger partial charge in [0, 0.05) is 16.5 Å². The highest BCUT2D eigenvalue weighted by molar-refractivity contribution is 7.14. The maximum atomic E-state index is 11.8. The topological polar surface area (TPSA) is 91.3 Å². The highest BCUT2D eigenvalue weighted by Crippen LogP contribution is 2.26. The van der Waals surface area contributed by atoms with Crippen molar-refractivity contribution in [3.8, 4) is 17.0 Å². The van der Waals surface area contributed by atoms with Crippen LogP contribution in [0.2, 0.25) is 0 Å². The first-order chi connectivity index (χ1) is 10.5. The van der Waals surface area contributed by atoms with Gasteiger partial charge < -0.3 is 14.6 Å².